The van der Waals surface area contributed by atoms with E-state index in [-0.39, 0.29) is 6.42 Å². The van der Waals surface area contributed by atoms with Gasteiger partial charge >= 0.3 is 6.18 Å². The number of hydrogen-bond donors (Lipinski definition) is 1. The zero-order valence-electron chi connectivity index (χ0n) is 15.0. The molecule has 2 aromatic carbocycles. The third-order valence-corrected chi connectivity index (χ3v) is 5.01. The molecule has 1 aliphatic carbocycles. The maximum Gasteiger partial charge on any atom is 0.396 e. The molecule has 2 aromatic rings. The molecule has 0 amide bonds. The first-order valence-corrected chi connectivity index (χ1v) is 9.19. The lowest BCUT2D eigenvalue weighted by molar-refractivity contribution is -0.150. The Morgan fingerprint density at radius 1 is 0.815 bits per heavy atom. The summed E-state index contributed by atoms with van der Waals surface area (Å²) in [6, 6.07) is 15.5. The number of allylic oxidation sites excluding steroid dienone is 4. The number of aliphatic hydroxyl groups is 1. The molecule has 0 saturated heterocycles. The van der Waals surface area contributed by atoms with Gasteiger partial charge in [-0.1, -0.05) is 66.2 Å². The first-order valence-electron chi connectivity index (χ1n) is 9.19. The van der Waals surface area contributed by atoms with E-state index in [0.717, 1.165) is 24.8 Å². The van der Waals surface area contributed by atoms with Gasteiger partial charge < -0.3 is 5.11 Å². The van der Waals surface area contributed by atoms with Crippen LogP contribution in [0.2, 0.25) is 0 Å². The summed E-state index contributed by atoms with van der Waals surface area (Å²) < 4.78 is 40.5. The number of benzene rings is 2. The van der Waals surface area contributed by atoms with Crippen LogP contribution in [0.1, 0.15) is 41.9 Å². The summed E-state index contributed by atoms with van der Waals surface area (Å²) in [4.78, 5) is 0. The van der Waals surface area contributed by atoms with Crippen molar-refractivity contribution < 1.29 is 18.3 Å². The van der Waals surface area contributed by atoms with E-state index in [9.17, 15) is 18.3 Å². The first kappa shape index (κ1) is 19.3. The lowest BCUT2D eigenvalue weighted by Crippen LogP contribution is -2.23. The second-order valence-corrected chi connectivity index (χ2v) is 7.01. The first-order chi connectivity index (χ1) is 12.9. The Kier molecular flexibility index (Phi) is 6.04. The Morgan fingerprint density at radius 3 is 2.07 bits per heavy atom. The number of hydrogen-bond acceptors (Lipinski definition) is 1. The van der Waals surface area contributed by atoms with Crippen LogP contribution in [0, 0.1) is 0 Å². The Morgan fingerprint density at radius 2 is 1.48 bits per heavy atom. The summed E-state index contributed by atoms with van der Waals surface area (Å²) >= 11 is 0. The Labute approximate surface area is 157 Å². The summed E-state index contributed by atoms with van der Waals surface area (Å²) in [5.74, 6) is -1.07. The van der Waals surface area contributed by atoms with Crippen LogP contribution in [0.25, 0.3) is 0 Å². The second kappa shape index (κ2) is 8.47. The number of aliphatic hydroxyl groups excluding tert-OH is 1. The zero-order chi connectivity index (χ0) is 19.3. The summed E-state index contributed by atoms with van der Waals surface area (Å²) in [6.07, 6.45) is 2.67. The van der Waals surface area contributed by atoms with E-state index < -0.39 is 12.1 Å². The van der Waals surface area contributed by atoms with Crippen LogP contribution in [-0.4, -0.2) is 11.3 Å². The van der Waals surface area contributed by atoms with Crippen LogP contribution in [0.4, 0.5) is 13.2 Å². The van der Waals surface area contributed by atoms with Crippen molar-refractivity contribution in [3.8, 4) is 0 Å². The van der Waals surface area contributed by atoms with Crippen LogP contribution in [0.15, 0.2) is 78.1 Å². The Hall–Kier alpha value is -2.49. The molecule has 0 aromatic heterocycles. The highest BCUT2D eigenvalue weighted by molar-refractivity contribution is 5.29. The molecule has 3 rings (SSSR count). The minimum Gasteiger partial charge on any atom is -0.512 e. The second-order valence-electron chi connectivity index (χ2n) is 7.01. The zero-order valence-corrected chi connectivity index (χ0v) is 15.0. The van der Waals surface area contributed by atoms with Crippen LogP contribution < -0.4 is 0 Å². The molecule has 0 heterocycles. The fourth-order valence-corrected chi connectivity index (χ4v) is 3.37. The lowest BCUT2D eigenvalue weighted by atomic mass is 9.90. The van der Waals surface area contributed by atoms with Crippen molar-refractivity contribution in [1.82, 2.24) is 0 Å². The quantitative estimate of drug-likeness (QED) is 0.600. The maximum atomic E-state index is 13.5. The number of halogens is 3. The molecule has 0 bridgehead atoms. The molecule has 0 fully saturated rings. The molecule has 1 aliphatic rings. The largest absolute Gasteiger partial charge is 0.512 e. The van der Waals surface area contributed by atoms with Crippen molar-refractivity contribution in [2.75, 3.05) is 0 Å². The molecule has 4 heteroatoms. The van der Waals surface area contributed by atoms with Gasteiger partial charge in [-0.2, -0.15) is 13.2 Å². The van der Waals surface area contributed by atoms with Crippen LogP contribution in [0.3, 0.4) is 0 Å². The monoisotopic (exact) mass is 372 g/mol. The SMILES string of the molecule is OC1=CC=C(CCc2ccc(C[C@@H](c3ccccc3)C(F)(F)F)cc2)CC1. The van der Waals surface area contributed by atoms with Gasteiger partial charge in [0, 0.05) is 6.42 Å². The highest BCUT2D eigenvalue weighted by atomic mass is 19.4. The van der Waals surface area contributed by atoms with Crippen molar-refractivity contribution >= 4 is 0 Å². The van der Waals surface area contributed by atoms with Crippen molar-refractivity contribution in [2.45, 2.75) is 44.2 Å². The standard InChI is InChI=1S/C23H23F3O/c24-23(25,26)22(20-4-2-1-3-5-20)16-19-10-8-17(9-11-19)6-7-18-12-14-21(27)15-13-18/h1-5,8-12,14,22,27H,6-7,13,15-16H2/t22-/m0/s1. The molecular formula is C23H23F3O. The van der Waals surface area contributed by atoms with E-state index >= 15 is 0 Å². The van der Waals surface area contributed by atoms with Gasteiger partial charge in [-0.15, -0.1) is 0 Å². The van der Waals surface area contributed by atoms with Gasteiger partial charge in [-0.05, 0) is 48.4 Å². The van der Waals surface area contributed by atoms with Gasteiger partial charge in [0.25, 0.3) is 0 Å². The fourth-order valence-electron chi connectivity index (χ4n) is 3.37. The van der Waals surface area contributed by atoms with Gasteiger partial charge in [-0.25, -0.2) is 0 Å². The number of alkyl halides is 3. The molecule has 27 heavy (non-hydrogen) atoms. The van der Waals surface area contributed by atoms with Gasteiger partial charge in [0.1, 0.15) is 0 Å². The molecule has 0 unspecified atom stereocenters. The van der Waals surface area contributed by atoms with Gasteiger partial charge in [0.2, 0.25) is 0 Å². The Balaban J connectivity index is 1.64. The highest BCUT2D eigenvalue weighted by Gasteiger charge is 2.40. The number of rotatable bonds is 6. The van der Waals surface area contributed by atoms with E-state index in [2.05, 4.69) is 0 Å². The predicted octanol–water partition coefficient (Wildman–Crippen LogP) is 6.67. The summed E-state index contributed by atoms with van der Waals surface area (Å²) in [7, 11) is 0. The minimum atomic E-state index is -4.27. The van der Waals surface area contributed by atoms with E-state index in [1.54, 1.807) is 36.4 Å². The van der Waals surface area contributed by atoms with Gasteiger partial charge in [-0.3, -0.25) is 0 Å². The van der Waals surface area contributed by atoms with E-state index in [4.69, 9.17) is 0 Å². The molecule has 0 saturated carbocycles. The number of aryl methyl sites for hydroxylation is 1. The lowest BCUT2D eigenvalue weighted by Gasteiger charge is -2.21. The smallest absolute Gasteiger partial charge is 0.396 e. The van der Waals surface area contributed by atoms with Crippen molar-refractivity contribution in [1.29, 1.82) is 0 Å². The molecule has 0 aliphatic heterocycles. The molecular weight excluding hydrogens is 349 g/mol. The molecule has 1 nitrogen and oxygen atoms in total. The van der Waals surface area contributed by atoms with Gasteiger partial charge in [0.05, 0.1) is 11.7 Å². The molecule has 1 N–H and O–H groups in total. The predicted molar refractivity (Wildman–Crippen MR) is 102 cm³/mol. The van der Waals surface area contributed by atoms with Crippen molar-refractivity contribution in [3.05, 3.63) is 94.8 Å². The maximum absolute atomic E-state index is 13.5. The topological polar surface area (TPSA) is 20.2 Å². The molecule has 0 radical (unpaired) electrons. The van der Waals surface area contributed by atoms with Crippen LogP contribution >= 0.6 is 0 Å². The van der Waals surface area contributed by atoms with Crippen LogP contribution in [0.5, 0.6) is 0 Å². The normalized spacial score (nSPS) is 15.8. The van der Waals surface area contributed by atoms with Crippen molar-refractivity contribution in [2.24, 2.45) is 0 Å². The fraction of sp³-hybridized carbons (Fsp3) is 0.304. The summed E-state index contributed by atoms with van der Waals surface area (Å²) in [6.45, 7) is 0. The Bertz CT molecular complexity index is 802. The summed E-state index contributed by atoms with van der Waals surface area (Å²) in [5, 5.41) is 9.39. The van der Waals surface area contributed by atoms with E-state index in [1.165, 1.54) is 17.7 Å². The molecule has 142 valence electrons. The van der Waals surface area contributed by atoms with E-state index in [1.807, 2.05) is 18.2 Å². The average molecular weight is 372 g/mol. The highest BCUT2D eigenvalue weighted by Crippen LogP contribution is 2.37. The summed E-state index contributed by atoms with van der Waals surface area (Å²) in [5.41, 5.74) is 3.39. The average Bonchev–Trinajstić information content (AvgIpc) is 2.66. The third kappa shape index (κ3) is 5.49. The van der Waals surface area contributed by atoms with Crippen LogP contribution in [-0.2, 0) is 12.8 Å². The minimum absolute atomic E-state index is 0.0526. The van der Waals surface area contributed by atoms with Gasteiger partial charge in [0.15, 0.2) is 0 Å². The molecule has 1 atom stereocenters. The van der Waals surface area contributed by atoms with Crippen molar-refractivity contribution in [3.63, 3.8) is 0 Å². The third-order valence-electron chi connectivity index (χ3n) is 5.01. The molecule has 0 spiro atoms. The van der Waals surface area contributed by atoms with E-state index in [0.29, 0.717) is 23.3 Å².